The quantitative estimate of drug-likeness (QED) is 0.161. The van der Waals surface area contributed by atoms with Crippen molar-refractivity contribution < 1.29 is 4.42 Å². The highest BCUT2D eigenvalue weighted by molar-refractivity contribution is 6.14. The van der Waals surface area contributed by atoms with Gasteiger partial charge in [0.05, 0.1) is 11.0 Å². The van der Waals surface area contributed by atoms with Gasteiger partial charge in [0, 0.05) is 49.5 Å². The molecule has 0 aliphatic rings. The van der Waals surface area contributed by atoms with Crippen LogP contribution in [-0.2, 0) is 0 Å². The van der Waals surface area contributed by atoms with Crippen LogP contribution in [-0.4, -0.2) is 19.5 Å². The van der Waals surface area contributed by atoms with E-state index in [9.17, 15) is 0 Å². The van der Waals surface area contributed by atoms with Gasteiger partial charge in [-0.2, -0.15) is 0 Å². The molecule has 5 heteroatoms. The summed E-state index contributed by atoms with van der Waals surface area (Å²) in [6.45, 7) is 0. The molecule has 3 aromatic heterocycles. The van der Waals surface area contributed by atoms with Gasteiger partial charge in [0.2, 0.25) is 0 Å². The van der Waals surface area contributed by atoms with E-state index in [1.807, 2.05) is 42.5 Å². The number of rotatable bonds is 7. The highest BCUT2D eigenvalue weighted by atomic mass is 16.3. The first kappa shape index (κ1) is 35.5. The Kier molecular flexibility index (Phi) is 8.42. The van der Waals surface area contributed by atoms with Crippen LogP contribution in [0.2, 0.25) is 0 Å². The van der Waals surface area contributed by atoms with Gasteiger partial charge in [-0.3, -0.25) is 0 Å². The highest BCUT2D eigenvalue weighted by Gasteiger charge is 2.19. The Morgan fingerprint density at radius 1 is 0.306 bits per heavy atom. The number of para-hydroxylation sites is 2. The van der Waals surface area contributed by atoms with Crippen molar-refractivity contribution in [2.75, 3.05) is 0 Å². The normalized spacial score (nSPS) is 11.5. The molecule has 3 heterocycles. The number of fused-ring (bicyclic) bond motifs is 6. The second kappa shape index (κ2) is 14.7. The Morgan fingerprint density at radius 2 is 0.742 bits per heavy atom. The molecule has 0 saturated carbocycles. The van der Waals surface area contributed by atoms with Gasteiger partial charge in [0.15, 0.2) is 17.5 Å². The average Bonchev–Trinajstić information content (AvgIpc) is 3.90. The van der Waals surface area contributed by atoms with Gasteiger partial charge in [-0.1, -0.05) is 164 Å². The molecule has 0 fully saturated rings. The number of hydrogen-bond acceptors (Lipinski definition) is 4. The minimum absolute atomic E-state index is 0.616. The summed E-state index contributed by atoms with van der Waals surface area (Å²) in [4.78, 5) is 15.1. The van der Waals surface area contributed by atoms with E-state index in [1.54, 1.807) is 0 Å². The fourth-order valence-corrected chi connectivity index (χ4v) is 8.83. The van der Waals surface area contributed by atoms with Gasteiger partial charge in [0.1, 0.15) is 11.2 Å². The molecule has 0 unspecified atom stereocenters. The minimum atomic E-state index is 0.616. The second-order valence-electron chi connectivity index (χ2n) is 15.6. The lowest BCUT2D eigenvalue weighted by Crippen LogP contribution is -2.00. The summed E-state index contributed by atoms with van der Waals surface area (Å²) in [5, 5.41) is 4.60. The van der Waals surface area contributed by atoms with Gasteiger partial charge < -0.3 is 8.98 Å². The summed E-state index contributed by atoms with van der Waals surface area (Å²) in [7, 11) is 0. The summed E-state index contributed by atoms with van der Waals surface area (Å²) >= 11 is 0. The molecule has 62 heavy (non-hydrogen) atoms. The lowest BCUT2D eigenvalue weighted by molar-refractivity contribution is 0.669. The van der Waals surface area contributed by atoms with Gasteiger partial charge >= 0.3 is 0 Å². The van der Waals surface area contributed by atoms with Crippen LogP contribution >= 0.6 is 0 Å². The van der Waals surface area contributed by atoms with Crippen LogP contribution in [0.15, 0.2) is 223 Å². The van der Waals surface area contributed by atoms with E-state index < -0.39 is 0 Å². The van der Waals surface area contributed by atoms with Crippen molar-refractivity contribution in [3.63, 3.8) is 0 Å². The summed E-state index contributed by atoms with van der Waals surface area (Å²) in [5.74, 6) is 1.88. The summed E-state index contributed by atoms with van der Waals surface area (Å²) in [5.41, 5.74) is 14.7. The van der Waals surface area contributed by atoms with E-state index in [-0.39, 0.29) is 0 Å². The van der Waals surface area contributed by atoms with Crippen LogP contribution < -0.4 is 0 Å². The largest absolute Gasteiger partial charge is 0.456 e. The molecule has 0 spiro atoms. The Bertz CT molecular complexity index is 3590. The van der Waals surface area contributed by atoms with Gasteiger partial charge in [0.25, 0.3) is 0 Å². The predicted molar refractivity (Wildman–Crippen MR) is 254 cm³/mol. The number of aromatic nitrogens is 4. The summed E-state index contributed by atoms with van der Waals surface area (Å²) in [6, 6.07) is 76.3. The first-order valence-electron chi connectivity index (χ1n) is 20.8. The summed E-state index contributed by atoms with van der Waals surface area (Å²) < 4.78 is 8.97. The zero-order valence-electron chi connectivity index (χ0n) is 33.5. The van der Waals surface area contributed by atoms with E-state index >= 15 is 0 Å². The monoisotopic (exact) mass is 792 g/mol. The Morgan fingerprint density at radius 3 is 1.37 bits per heavy atom. The molecular formula is C57H36N4O. The lowest BCUT2D eigenvalue weighted by atomic mass is 10.00. The number of benzene rings is 9. The van der Waals surface area contributed by atoms with Crippen molar-refractivity contribution in [1.29, 1.82) is 0 Å². The molecule has 0 atom stereocenters. The third kappa shape index (κ3) is 6.14. The van der Waals surface area contributed by atoms with E-state index in [1.165, 1.54) is 21.9 Å². The third-order valence-electron chi connectivity index (χ3n) is 11.9. The van der Waals surface area contributed by atoms with Crippen LogP contribution in [0, 0.1) is 0 Å². The Labute approximate surface area is 357 Å². The zero-order valence-corrected chi connectivity index (χ0v) is 33.5. The molecule has 0 aliphatic heterocycles. The smallest absolute Gasteiger partial charge is 0.164 e. The third-order valence-corrected chi connectivity index (χ3v) is 11.9. The molecule has 0 N–H and O–H groups in total. The first-order chi connectivity index (χ1) is 30.7. The Hall–Kier alpha value is -8.41. The highest BCUT2D eigenvalue weighted by Crippen LogP contribution is 2.41. The molecule has 0 radical (unpaired) electrons. The van der Waals surface area contributed by atoms with Crippen molar-refractivity contribution in [3.05, 3.63) is 218 Å². The van der Waals surface area contributed by atoms with E-state index in [0.717, 1.165) is 77.6 Å². The van der Waals surface area contributed by atoms with Crippen molar-refractivity contribution in [2.45, 2.75) is 0 Å². The minimum Gasteiger partial charge on any atom is -0.456 e. The zero-order chi connectivity index (χ0) is 41.0. The lowest BCUT2D eigenvalue weighted by Gasteiger charge is -2.13. The molecular weight excluding hydrogens is 757 g/mol. The van der Waals surface area contributed by atoms with Crippen LogP contribution in [0.5, 0.6) is 0 Å². The standard InChI is InChI=1S/C57H36N4O/c1-4-13-37(14-5-1)39-23-25-41(26-24-39)56-58-55(40-17-8-3-9-18-40)59-57(60-56)42-27-31-45(32-28-42)61-51-22-11-10-19-47(51)50-21-12-20-46(54(50)61)44-30-34-49-48-33-29-43(38-15-6-2-7-16-38)35-52(48)62-53(49)36-44/h1-36H. The molecule has 9 aromatic carbocycles. The number of hydrogen-bond donors (Lipinski definition) is 0. The van der Waals surface area contributed by atoms with Gasteiger partial charge in [-0.15, -0.1) is 0 Å². The van der Waals surface area contributed by atoms with Gasteiger partial charge in [-0.25, -0.2) is 15.0 Å². The van der Waals surface area contributed by atoms with Crippen molar-refractivity contribution in [2.24, 2.45) is 0 Å². The maximum Gasteiger partial charge on any atom is 0.164 e. The van der Waals surface area contributed by atoms with Crippen LogP contribution in [0.3, 0.4) is 0 Å². The first-order valence-corrected chi connectivity index (χ1v) is 20.8. The number of furan rings is 1. The Balaban J connectivity index is 0.958. The molecule has 0 saturated heterocycles. The molecule has 0 bridgehead atoms. The fourth-order valence-electron chi connectivity index (χ4n) is 8.83. The van der Waals surface area contributed by atoms with E-state index in [4.69, 9.17) is 19.4 Å². The van der Waals surface area contributed by atoms with Crippen LogP contribution in [0.25, 0.3) is 117 Å². The van der Waals surface area contributed by atoms with Crippen LogP contribution in [0.4, 0.5) is 0 Å². The summed E-state index contributed by atoms with van der Waals surface area (Å²) in [6.07, 6.45) is 0. The van der Waals surface area contributed by atoms with E-state index in [2.05, 4.69) is 180 Å². The van der Waals surface area contributed by atoms with Crippen molar-refractivity contribution in [3.8, 4) is 73.2 Å². The topological polar surface area (TPSA) is 56.7 Å². The molecule has 290 valence electrons. The molecule has 0 amide bonds. The molecule has 12 rings (SSSR count). The van der Waals surface area contributed by atoms with E-state index in [0.29, 0.717) is 17.5 Å². The maximum absolute atomic E-state index is 6.59. The maximum atomic E-state index is 6.59. The SMILES string of the molecule is c1ccc(-c2ccc(-c3nc(-c4ccccc4)nc(-c4ccc(-n5c6ccccc6c6cccc(-c7ccc8c(c7)oc7cc(-c9ccccc9)ccc78)c65)cc4)n3)cc2)cc1. The molecule has 5 nitrogen and oxygen atoms in total. The van der Waals surface area contributed by atoms with Crippen molar-refractivity contribution in [1.82, 2.24) is 19.5 Å². The molecule has 12 aromatic rings. The fraction of sp³-hybridized carbons (Fsp3) is 0. The van der Waals surface area contributed by atoms with Gasteiger partial charge in [-0.05, 0) is 82.4 Å². The molecule has 0 aliphatic carbocycles. The average molecular weight is 793 g/mol. The second-order valence-corrected chi connectivity index (χ2v) is 15.6. The van der Waals surface area contributed by atoms with Crippen molar-refractivity contribution >= 4 is 43.7 Å². The van der Waals surface area contributed by atoms with Crippen LogP contribution in [0.1, 0.15) is 0 Å². The number of nitrogens with zero attached hydrogens (tertiary/aromatic N) is 4. The predicted octanol–water partition coefficient (Wildman–Crippen LogP) is 14.9.